The average Bonchev–Trinajstić information content (AvgIpc) is 2.47. The maximum Gasteiger partial charge on any atom is 0.355 e. The van der Waals surface area contributed by atoms with Crippen LogP contribution in [0.2, 0.25) is 0 Å². The summed E-state index contributed by atoms with van der Waals surface area (Å²) in [6.45, 7) is 10.7. The van der Waals surface area contributed by atoms with E-state index in [1.807, 2.05) is 33.8 Å². The Balaban J connectivity index is 2.90. The molecule has 0 spiro atoms. The Labute approximate surface area is 125 Å². The Hall–Kier alpha value is -0.506. The molecule has 0 bridgehead atoms. The molecule has 0 amide bonds. The first-order valence-electron chi connectivity index (χ1n) is 7.32. The fourth-order valence-electron chi connectivity index (χ4n) is 1.94. The van der Waals surface area contributed by atoms with E-state index in [4.69, 9.17) is 17.7 Å². The van der Waals surface area contributed by atoms with Crippen molar-refractivity contribution in [3.8, 4) is 0 Å². The van der Waals surface area contributed by atoms with Gasteiger partial charge in [0.15, 0.2) is 0 Å². The molecule has 0 aliphatic heterocycles. The van der Waals surface area contributed by atoms with Gasteiger partial charge in [0.1, 0.15) is 0 Å². The zero-order valence-corrected chi connectivity index (χ0v) is 15.2. The van der Waals surface area contributed by atoms with Gasteiger partial charge in [-0.3, -0.25) is 0 Å². The quantitative estimate of drug-likeness (QED) is 0.596. The third-order valence-corrected chi connectivity index (χ3v) is 7.08. The van der Waals surface area contributed by atoms with Gasteiger partial charge in [0, 0.05) is 26.4 Å². The third-order valence-electron chi connectivity index (χ3n) is 2.73. The summed E-state index contributed by atoms with van der Waals surface area (Å²) < 4.78 is 23.1. The summed E-state index contributed by atoms with van der Waals surface area (Å²) in [5.74, 6) is 0. The third kappa shape index (κ3) is 5.47. The first-order valence-corrected chi connectivity index (χ1v) is 10.4. The highest BCUT2D eigenvalue weighted by molar-refractivity contribution is 6.65. The van der Waals surface area contributed by atoms with E-state index in [9.17, 15) is 0 Å². The molecule has 0 heterocycles. The van der Waals surface area contributed by atoms with Crippen molar-refractivity contribution < 1.29 is 17.7 Å². The molecule has 114 valence electrons. The molecule has 1 aromatic rings. The maximum atomic E-state index is 5.77. The van der Waals surface area contributed by atoms with E-state index in [1.54, 1.807) is 0 Å². The Morgan fingerprint density at radius 3 is 1.35 bits per heavy atom. The van der Waals surface area contributed by atoms with Crippen LogP contribution < -0.4 is 10.4 Å². The Bertz CT molecular complexity index is 333. The summed E-state index contributed by atoms with van der Waals surface area (Å²) in [6.07, 6.45) is 0. The largest absolute Gasteiger partial charge is 0.394 e. The molecular formula is C14H26O4Si2. The predicted octanol–water partition coefficient (Wildman–Crippen LogP) is 0.688. The zero-order chi connectivity index (χ0) is 14.8. The standard InChI is InChI=1S/C14H26O4Si2/c1-5-15-19(16-6-2)13-10-9-11-14(12-13)20(17-7-3)18-8-4/h9-12,19-20H,5-8H2,1-4H3. The van der Waals surface area contributed by atoms with Crippen molar-refractivity contribution in [2.75, 3.05) is 26.4 Å². The van der Waals surface area contributed by atoms with Crippen molar-refractivity contribution in [3.05, 3.63) is 24.3 Å². The molecule has 0 saturated heterocycles. The van der Waals surface area contributed by atoms with E-state index < -0.39 is 18.6 Å². The van der Waals surface area contributed by atoms with Crippen LogP contribution in [0.15, 0.2) is 24.3 Å². The number of benzene rings is 1. The van der Waals surface area contributed by atoms with Gasteiger partial charge < -0.3 is 17.7 Å². The molecule has 0 atom stereocenters. The number of hydrogen-bond donors (Lipinski definition) is 0. The lowest BCUT2D eigenvalue weighted by Crippen LogP contribution is -2.43. The lowest BCUT2D eigenvalue weighted by atomic mass is 10.4. The molecule has 0 aliphatic rings. The van der Waals surface area contributed by atoms with Gasteiger partial charge >= 0.3 is 18.6 Å². The first-order chi connectivity index (χ1) is 9.76. The van der Waals surface area contributed by atoms with Crippen LogP contribution in [0.25, 0.3) is 0 Å². The summed E-state index contributed by atoms with van der Waals surface area (Å²) in [7, 11) is -3.58. The monoisotopic (exact) mass is 314 g/mol. The number of hydrogen-bond acceptors (Lipinski definition) is 4. The van der Waals surface area contributed by atoms with Crippen LogP contribution in [0, 0.1) is 0 Å². The smallest absolute Gasteiger partial charge is 0.355 e. The van der Waals surface area contributed by atoms with Crippen LogP contribution in [0.5, 0.6) is 0 Å². The van der Waals surface area contributed by atoms with E-state index in [2.05, 4.69) is 18.2 Å². The summed E-state index contributed by atoms with van der Waals surface area (Å²) in [5, 5.41) is 2.31. The van der Waals surface area contributed by atoms with Crippen LogP contribution in [-0.2, 0) is 17.7 Å². The molecule has 6 heteroatoms. The van der Waals surface area contributed by atoms with E-state index >= 15 is 0 Å². The summed E-state index contributed by atoms with van der Waals surface area (Å²) >= 11 is 0. The van der Waals surface area contributed by atoms with Gasteiger partial charge in [-0.05, 0) is 38.1 Å². The molecule has 0 fully saturated rings. The first kappa shape index (κ1) is 17.5. The second-order valence-corrected chi connectivity index (χ2v) is 8.15. The molecule has 20 heavy (non-hydrogen) atoms. The van der Waals surface area contributed by atoms with Gasteiger partial charge in [0.2, 0.25) is 0 Å². The zero-order valence-electron chi connectivity index (χ0n) is 12.9. The molecule has 0 radical (unpaired) electrons. The van der Waals surface area contributed by atoms with Gasteiger partial charge in [0.25, 0.3) is 0 Å². The average molecular weight is 315 g/mol. The normalized spacial score (nSPS) is 11.5. The van der Waals surface area contributed by atoms with Crippen LogP contribution in [-0.4, -0.2) is 45.0 Å². The molecule has 0 unspecified atom stereocenters. The maximum absolute atomic E-state index is 5.77. The number of rotatable bonds is 10. The lowest BCUT2D eigenvalue weighted by molar-refractivity contribution is 0.225. The van der Waals surface area contributed by atoms with Crippen LogP contribution >= 0.6 is 0 Å². The van der Waals surface area contributed by atoms with Gasteiger partial charge in [0.05, 0.1) is 0 Å². The molecule has 1 aromatic carbocycles. The highest BCUT2D eigenvalue weighted by atomic mass is 28.3. The topological polar surface area (TPSA) is 36.9 Å². The van der Waals surface area contributed by atoms with Gasteiger partial charge in [-0.25, -0.2) is 0 Å². The second kappa shape index (κ2) is 10.3. The van der Waals surface area contributed by atoms with Gasteiger partial charge in [-0.15, -0.1) is 0 Å². The van der Waals surface area contributed by atoms with E-state index in [1.165, 1.54) is 0 Å². The fourth-order valence-corrected chi connectivity index (χ4v) is 5.50. The Morgan fingerprint density at radius 2 is 1.05 bits per heavy atom. The molecule has 4 nitrogen and oxygen atoms in total. The molecule has 0 aliphatic carbocycles. The predicted molar refractivity (Wildman–Crippen MR) is 86.5 cm³/mol. The Morgan fingerprint density at radius 1 is 0.700 bits per heavy atom. The van der Waals surface area contributed by atoms with Crippen molar-refractivity contribution in [1.29, 1.82) is 0 Å². The Kier molecular flexibility index (Phi) is 9.00. The minimum Gasteiger partial charge on any atom is -0.394 e. The molecule has 1 rings (SSSR count). The van der Waals surface area contributed by atoms with Gasteiger partial charge in [-0.2, -0.15) is 0 Å². The summed E-state index contributed by atoms with van der Waals surface area (Å²) in [5.41, 5.74) is 0. The van der Waals surface area contributed by atoms with Crippen molar-refractivity contribution in [3.63, 3.8) is 0 Å². The molecule has 0 saturated carbocycles. The summed E-state index contributed by atoms with van der Waals surface area (Å²) in [4.78, 5) is 0. The van der Waals surface area contributed by atoms with Crippen LogP contribution in [0.3, 0.4) is 0 Å². The molecule has 0 aromatic heterocycles. The van der Waals surface area contributed by atoms with Crippen LogP contribution in [0.4, 0.5) is 0 Å². The van der Waals surface area contributed by atoms with Gasteiger partial charge in [-0.1, -0.05) is 24.3 Å². The van der Waals surface area contributed by atoms with Crippen LogP contribution in [0.1, 0.15) is 27.7 Å². The lowest BCUT2D eigenvalue weighted by Gasteiger charge is -2.18. The fraction of sp³-hybridized carbons (Fsp3) is 0.571. The van der Waals surface area contributed by atoms with E-state index in [-0.39, 0.29) is 0 Å². The minimum absolute atomic E-state index is 0.679. The summed E-state index contributed by atoms with van der Waals surface area (Å²) in [6, 6.07) is 8.34. The molecule has 0 N–H and O–H groups in total. The highest BCUT2D eigenvalue weighted by Gasteiger charge is 2.20. The molecular weight excluding hydrogens is 288 g/mol. The van der Waals surface area contributed by atoms with Crippen molar-refractivity contribution >= 4 is 28.9 Å². The van der Waals surface area contributed by atoms with E-state index in [0.717, 1.165) is 10.4 Å². The van der Waals surface area contributed by atoms with Crippen molar-refractivity contribution in [2.45, 2.75) is 27.7 Å². The van der Waals surface area contributed by atoms with Crippen molar-refractivity contribution in [1.82, 2.24) is 0 Å². The second-order valence-electron chi connectivity index (χ2n) is 4.16. The van der Waals surface area contributed by atoms with Crippen molar-refractivity contribution in [2.24, 2.45) is 0 Å². The van der Waals surface area contributed by atoms with E-state index in [0.29, 0.717) is 26.4 Å². The highest BCUT2D eigenvalue weighted by Crippen LogP contribution is 1.96. The minimum atomic E-state index is -1.79. The SMILES string of the molecule is CCO[SiH](OCC)c1cccc([SiH](OCC)OCC)c1.